The van der Waals surface area contributed by atoms with E-state index in [-0.39, 0.29) is 16.6 Å². The van der Waals surface area contributed by atoms with Gasteiger partial charge in [0.1, 0.15) is 0 Å². The SMILES string of the molecule is CC1CC(Nc2ccccc2S(=O)(=O)C(F)F)C1. The van der Waals surface area contributed by atoms with E-state index in [0.29, 0.717) is 5.92 Å². The molecule has 2 rings (SSSR count). The van der Waals surface area contributed by atoms with Gasteiger partial charge in [-0.3, -0.25) is 0 Å². The van der Waals surface area contributed by atoms with Crippen molar-refractivity contribution in [3.63, 3.8) is 0 Å². The van der Waals surface area contributed by atoms with Crippen LogP contribution in [-0.4, -0.2) is 20.2 Å². The van der Waals surface area contributed by atoms with Gasteiger partial charge in [0, 0.05) is 6.04 Å². The molecule has 3 nitrogen and oxygen atoms in total. The first kappa shape index (κ1) is 13.3. The standard InChI is InChI=1S/C12H15F2NO2S/c1-8-6-9(7-8)15-10-4-2-3-5-11(10)18(16,17)12(13)14/h2-5,8-9,12,15H,6-7H2,1H3. The quantitative estimate of drug-likeness (QED) is 0.919. The van der Waals surface area contributed by atoms with Crippen LogP contribution in [0.25, 0.3) is 0 Å². The molecule has 1 aliphatic rings. The summed E-state index contributed by atoms with van der Waals surface area (Å²) in [6.07, 6.45) is 1.87. The molecule has 0 aliphatic heterocycles. The molecule has 18 heavy (non-hydrogen) atoms. The number of hydrogen-bond donors (Lipinski definition) is 1. The number of nitrogens with one attached hydrogen (secondary N) is 1. The van der Waals surface area contributed by atoms with Crippen molar-refractivity contribution in [3.8, 4) is 0 Å². The van der Waals surface area contributed by atoms with Gasteiger partial charge in [0.05, 0.1) is 10.6 Å². The summed E-state index contributed by atoms with van der Waals surface area (Å²) in [5, 5.41) is 3.03. The Kier molecular flexibility index (Phi) is 3.56. The minimum absolute atomic E-state index is 0.175. The van der Waals surface area contributed by atoms with Gasteiger partial charge < -0.3 is 5.32 Å². The molecule has 0 spiro atoms. The van der Waals surface area contributed by atoms with Crippen LogP contribution in [0.15, 0.2) is 29.2 Å². The van der Waals surface area contributed by atoms with Gasteiger partial charge in [-0.05, 0) is 30.9 Å². The monoisotopic (exact) mass is 275 g/mol. The molecule has 6 heteroatoms. The Hall–Kier alpha value is -1.17. The zero-order chi connectivity index (χ0) is 13.3. The Labute approximate surface area is 105 Å². The van der Waals surface area contributed by atoms with Crippen molar-refractivity contribution in [1.29, 1.82) is 0 Å². The number of alkyl halides is 2. The zero-order valence-corrected chi connectivity index (χ0v) is 10.8. The topological polar surface area (TPSA) is 46.2 Å². The molecule has 0 amide bonds. The Morgan fingerprint density at radius 3 is 2.44 bits per heavy atom. The lowest BCUT2D eigenvalue weighted by Crippen LogP contribution is -2.34. The lowest BCUT2D eigenvalue weighted by molar-refractivity contribution is 0.234. The molecule has 0 bridgehead atoms. The molecule has 1 aromatic rings. The van der Waals surface area contributed by atoms with Crippen LogP contribution in [0, 0.1) is 5.92 Å². The van der Waals surface area contributed by atoms with E-state index in [1.54, 1.807) is 6.07 Å². The Balaban J connectivity index is 2.26. The van der Waals surface area contributed by atoms with Crippen molar-refractivity contribution in [1.82, 2.24) is 0 Å². The summed E-state index contributed by atoms with van der Waals surface area (Å²) in [5.74, 6) is -2.79. The second-order valence-corrected chi connectivity index (χ2v) is 6.61. The maximum Gasteiger partial charge on any atom is 0.341 e. The number of halogens is 2. The highest BCUT2D eigenvalue weighted by atomic mass is 32.2. The average molecular weight is 275 g/mol. The first-order valence-electron chi connectivity index (χ1n) is 5.79. The van der Waals surface area contributed by atoms with Gasteiger partial charge >= 0.3 is 5.76 Å². The summed E-state index contributed by atoms with van der Waals surface area (Å²) in [6, 6.07) is 6.00. The van der Waals surface area contributed by atoms with Gasteiger partial charge in [0.15, 0.2) is 0 Å². The maximum atomic E-state index is 12.6. The first-order valence-corrected chi connectivity index (χ1v) is 7.33. The molecule has 100 valence electrons. The van der Waals surface area contributed by atoms with Crippen molar-refractivity contribution in [2.75, 3.05) is 5.32 Å². The summed E-state index contributed by atoms with van der Waals surface area (Å²) in [4.78, 5) is -0.320. The minimum atomic E-state index is -4.55. The molecule has 0 aromatic heterocycles. The maximum absolute atomic E-state index is 12.6. The largest absolute Gasteiger partial charge is 0.381 e. The number of hydrogen-bond acceptors (Lipinski definition) is 3. The van der Waals surface area contributed by atoms with Crippen molar-refractivity contribution in [2.45, 2.75) is 36.5 Å². The average Bonchev–Trinajstić information content (AvgIpc) is 2.27. The molecular formula is C12H15F2NO2S. The van der Waals surface area contributed by atoms with E-state index in [9.17, 15) is 17.2 Å². The minimum Gasteiger partial charge on any atom is -0.381 e. The smallest absolute Gasteiger partial charge is 0.341 e. The predicted molar refractivity (Wildman–Crippen MR) is 65.4 cm³/mol. The van der Waals surface area contributed by atoms with Crippen molar-refractivity contribution in [3.05, 3.63) is 24.3 Å². The molecule has 0 saturated heterocycles. The van der Waals surface area contributed by atoms with Gasteiger partial charge in [-0.15, -0.1) is 0 Å². The number of rotatable bonds is 4. The number of benzene rings is 1. The highest BCUT2D eigenvalue weighted by Crippen LogP contribution is 2.32. The fourth-order valence-electron chi connectivity index (χ4n) is 2.17. The predicted octanol–water partition coefficient (Wildman–Crippen LogP) is 2.89. The van der Waals surface area contributed by atoms with Gasteiger partial charge in [-0.2, -0.15) is 8.78 Å². The Morgan fingerprint density at radius 2 is 1.89 bits per heavy atom. The third kappa shape index (κ3) is 2.48. The molecule has 0 atom stereocenters. The molecule has 0 heterocycles. The molecule has 1 fully saturated rings. The molecule has 1 saturated carbocycles. The van der Waals surface area contributed by atoms with Crippen molar-refractivity contribution in [2.24, 2.45) is 5.92 Å². The second-order valence-electron chi connectivity index (χ2n) is 4.72. The molecular weight excluding hydrogens is 260 g/mol. The second kappa shape index (κ2) is 4.84. The van der Waals surface area contributed by atoms with E-state index in [4.69, 9.17) is 0 Å². The zero-order valence-electron chi connectivity index (χ0n) is 9.94. The third-order valence-electron chi connectivity index (χ3n) is 3.16. The number of anilines is 1. The lowest BCUT2D eigenvalue weighted by atomic mass is 9.82. The van der Waals surface area contributed by atoms with Gasteiger partial charge in [0.25, 0.3) is 0 Å². The molecule has 1 N–H and O–H groups in total. The van der Waals surface area contributed by atoms with E-state index in [1.807, 2.05) is 0 Å². The fourth-order valence-corrected chi connectivity index (χ4v) is 3.06. The van der Waals surface area contributed by atoms with Crippen LogP contribution < -0.4 is 5.32 Å². The molecule has 0 unspecified atom stereocenters. The highest BCUT2D eigenvalue weighted by molar-refractivity contribution is 7.91. The summed E-state index contributed by atoms with van der Waals surface area (Å²) < 4.78 is 48.1. The fraction of sp³-hybridized carbons (Fsp3) is 0.500. The number of para-hydroxylation sites is 1. The first-order chi connectivity index (χ1) is 8.41. The van der Waals surface area contributed by atoms with E-state index < -0.39 is 15.6 Å². The van der Waals surface area contributed by atoms with Crippen LogP contribution in [0.5, 0.6) is 0 Å². The van der Waals surface area contributed by atoms with Crippen LogP contribution >= 0.6 is 0 Å². The van der Waals surface area contributed by atoms with Crippen molar-refractivity contribution >= 4 is 15.5 Å². The van der Waals surface area contributed by atoms with Crippen LogP contribution in [-0.2, 0) is 9.84 Å². The Bertz CT molecular complexity index is 525. The summed E-state index contributed by atoms with van der Waals surface area (Å²) in [5.41, 5.74) is 0.273. The molecule has 0 radical (unpaired) electrons. The van der Waals surface area contributed by atoms with Gasteiger partial charge in [-0.25, -0.2) is 8.42 Å². The van der Waals surface area contributed by atoms with Crippen molar-refractivity contribution < 1.29 is 17.2 Å². The summed E-state index contributed by atoms with van der Waals surface area (Å²) >= 11 is 0. The molecule has 1 aromatic carbocycles. The lowest BCUT2D eigenvalue weighted by Gasteiger charge is -2.34. The Morgan fingerprint density at radius 1 is 1.28 bits per heavy atom. The van der Waals surface area contributed by atoms with Crippen LogP contribution in [0.1, 0.15) is 19.8 Å². The van der Waals surface area contributed by atoms with Crippen LogP contribution in [0.3, 0.4) is 0 Å². The normalized spacial score (nSPS) is 23.8. The van der Waals surface area contributed by atoms with E-state index in [2.05, 4.69) is 12.2 Å². The molecule has 1 aliphatic carbocycles. The van der Waals surface area contributed by atoms with E-state index in [1.165, 1.54) is 18.2 Å². The highest BCUT2D eigenvalue weighted by Gasteiger charge is 2.31. The third-order valence-corrected chi connectivity index (χ3v) is 4.60. The van der Waals surface area contributed by atoms with E-state index >= 15 is 0 Å². The summed E-state index contributed by atoms with van der Waals surface area (Å²) in [6.45, 7) is 2.10. The van der Waals surface area contributed by atoms with Crippen LogP contribution in [0.2, 0.25) is 0 Å². The van der Waals surface area contributed by atoms with Crippen LogP contribution in [0.4, 0.5) is 14.5 Å². The summed E-state index contributed by atoms with van der Waals surface area (Å²) in [7, 11) is -4.55. The van der Waals surface area contributed by atoms with E-state index in [0.717, 1.165) is 12.8 Å². The van der Waals surface area contributed by atoms with Gasteiger partial charge in [-0.1, -0.05) is 19.1 Å². The number of sulfone groups is 1. The van der Waals surface area contributed by atoms with Gasteiger partial charge in [0.2, 0.25) is 9.84 Å².